The highest BCUT2D eigenvalue weighted by atomic mass is 16.5. The van der Waals surface area contributed by atoms with Crippen LogP contribution in [0.5, 0.6) is 0 Å². The van der Waals surface area contributed by atoms with Crippen molar-refractivity contribution in [2.24, 2.45) is 5.92 Å². The molecule has 20 heavy (non-hydrogen) atoms. The first-order valence-corrected chi connectivity index (χ1v) is 7.91. The van der Waals surface area contributed by atoms with Crippen LogP contribution < -0.4 is 0 Å². The van der Waals surface area contributed by atoms with E-state index in [0.717, 1.165) is 65.4 Å². The van der Waals surface area contributed by atoms with E-state index in [2.05, 4.69) is 28.9 Å². The van der Waals surface area contributed by atoms with E-state index in [4.69, 9.17) is 9.47 Å². The normalized spacial score (nSPS) is 28.8. The van der Waals surface area contributed by atoms with E-state index in [1.54, 1.807) is 0 Å². The first kappa shape index (κ1) is 14.0. The number of ether oxygens (including phenoxy) is 2. The van der Waals surface area contributed by atoms with Crippen molar-refractivity contribution in [3.8, 4) is 0 Å². The van der Waals surface area contributed by atoms with Gasteiger partial charge in [-0.15, -0.1) is 0 Å². The molecule has 0 saturated carbocycles. The Morgan fingerprint density at radius 1 is 0.950 bits per heavy atom. The second-order valence-corrected chi connectivity index (χ2v) is 5.96. The average molecular weight is 278 g/mol. The van der Waals surface area contributed by atoms with E-state index >= 15 is 0 Å². The summed E-state index contributed by atoms with van der Waals surface area (Å²) in [4.78, 5) is 4.99. The van der Waals surface area contributed by atoms with Crippen LogP contribution in [0.15, 0.2) is 23.5 Å². The number of hydrogen-bond acceptors (Lipinski definition) is 4. The summed E-state index contributed by atoms with van der Waals surface area (Å²) in [6, 6.07) is 0. The summed E-state index contributed by atoms with van der Waals surface area (Å²) in [7, 11) is 0. The molecule has 0 aromatic heterocycles. The van der Waals surface area contributed by atoms with E-state index in [0.29, 0.717) is 5.92 Å². The van der Waals surface area contributed by atoms with Crippen LogP contribution >= 0.6 is 0 Å². The largest absolute Gasteiger partial charge is 0.380 e. The summed E-state index contributed by atoms with van der Waals surface area (Å²) in [5, 5.41) is 0. The number of nitrogens with zero attached hydrogens (tertiary/aromatic N) is 2. The van der Waals surface area contributed by atoms with Crippen LogP contribution in [-0.4, -0.2) is 62.4 Å². The Labute approximate surface area is 122 Å². The zero-order valence-electron chi connectivity index (χ0n) is 12.5. The Hall–Kier alpha value is -1.00. The minimum Gasteiger partial charge on any atom is -0.380 e. The highest BCUT2D eigenvalue weighted by Gasteiger charge is 2.21. The van der Waals surface area contributed by atoms with Crippen molar-refractivity contribution in [1.29, 1.82) is 0 Å². The van der Waals surface area contributed by atoms with Gasteiger partial charge in [0.05, 0.1) is 19.8 Å². The average Bonchev–Trinajstić information content (AvgIpc) is 2.77. The highest BCUT2D eigenvalue weighted by molar-refractivity contribution is 5.28. The standard InChI is InChI=1S/C16H26N2O2/c1-14-11-15(17-3-2-7-19-8-4-17)13-16(12-14)18-5-9-20-10-6-18/h12-14H,2-11H2,1H3. The van der Waals surface area contributed by atoms with Crippen molar-refractivity contribution in [2.45, 2.75) is 19.8 Å². The molecule has 3 rings (SSSR count). The number of morpholine rings is 1. The smallest absolute Gasteiger partial charge is 0.0642 e. The van der Waals surface area contributed by atoms with Crippen LogP contribution in [0.25, 0.3) is 0 Å². The molecule has 0 aromatic rings. The van der Waals surface area contributed by atoms with E-state index in [1.165, 1.54) is 11.4 Å². The van der Waals surface area contributed by atoms with Crippen LogP contribution in [-0.2, 0) is 9.47 Å². The molecule has 0 amide bonds. The molecule has 0 aromatic carbocycles. The molecule has 2 heterocycles. The van der Waals surface area contributed by atoms with Crippen molar-refractivity contribution in [3.63, 3.8) is 0 Å². The van der Waals surface area contributed by atoms with Crippen LogP contribution in [0.3, 0.4) is 0 Å². The number of allylic oxidation sites excluding steroid dienone is 3. The third-order valence-electron chi connectivity index (χ3n) is 4.31. The van der Waals surface area contributed by atoms with Crippen molar-refractivity contribution >= 4 is 0 Å². The fourth-order valence-corrected chi connectivity index (χ4v) is 3.23. The molecule has 4 nitrogen and oxygen atoms in total. The Bertz CT molecular complexity index is 378. The molecule has 2 aliphatic heterocycles. The lowest BCUT2D eigenvalue weighted by molar-refractivity contribution is 0.0546. The van der Waals surface area contributed by atoms with Gasteiger partial charge in [0.25, 0.3) is 0 Å². The molecule has 0 N–H and O–H groups in total. The highest BCUT2D eigenvalue weighted by Crippen LogP contribution is 2.27. The van der Waals surface area contributed by atoms with Gasteiger partial charge in [-0.3, -0.25) is 0 Å². The molecule has 0 bridgehead atoms. The van der Waals surface area contributed by atoms with E-state index < -0.39 is 0 Å². The molecule has 3 aliphatic rings. The topological polar surface area (TPSA) is 24.9 Å². The van der Waals surface area contributed by atoms with E-state index in [1.807, 2.05) is 0 Å². The maximum atomic E-state index is 5.58. The molecule has 1 atom stereocenters. The molecule has 112 valence electrons. The van der Waals surface area contributed by atoms with Crippen LogP contribution in [0, 0.1) is 5.92 Å². The van der Waals surface area contributed by atoms with Gasteiger partial charge in [0.15, 0.2) is 0 Å². The Morgan fingerprint density at radius 2 is 1.65 bits per heavy atom. The number of hydrogen-bond donors (Lipinski definition) is 0. The predicted molar refractivity (Wildman–Crippen MR) is 79.3 cm³/mol. The molecular weight excluding hydrogens is 252 g/mol. The fraction of sp³-hybridized carbons (Fsp3) is 0.750. The zero-order chi connectivity index (χ0) is 13.8. The van der Waals surface area contributed by atoms with Gasteiger partial charge in [-0.25, -0.2) is 0 Å². The summed E-state index contributed by atoms with van der Waals surface area (Å²) in [6.45, 7) is 10.0. The van der Waals surface area contributed by atoms with Gasteiger partial charge in [0, 0.05) is 44.2 Å². The summed E-state index contributed by atoms with van der Waals surface area (Å²) >= 11 is 0. The van der Waals surface area contributed by atoms with Gasteiger partial charge in [-0.1, -0.05) is 13.0 Å². The molecule has 2 saturated heterocycles. The minimum absolute atomic E-state index is 0.622. The van der Waals surface area contributed by atoms with Crippen molar-refractivity contribution < 1.29 is 9.47 Å². The lowest BCUT2D eigenvalue weighted by Gasteiger charge is -2.35. The third kappa shape index (κ3) is 3.36. The first-order valence-electron chi connectivity index (χ1n) is 7.91. The van der Waals surface area contributed by atoms with Gasteiger partial charge >= 0.3 is 0 Å². The lowest BCUT2D eigenvalue weighted by atomic mass is 9.96. The maximum Gasteiger partial charge on any atom is 0.0642 e. The third-order valence-corrected chi connectivity index (χ3v) is 4.31. The monoisotopic (exact) mass is 278 g/mol. The second-order valence-electron chi connectivity index (χ2n) is 5.96. The quantitative estimate of drug-likeness (QED) is 0.769. The zero-order valence-corrected chi connectivity index (χ0v) is 12.5. The van der Waals surface area contributed by atoms with Gasteiger partial charge in [-0.05, 0) is 24.8 Å². The van der Waals surface area contributed by atoms with E-state index in [-0.39, 0.29) is 0 Å². The summed E-state index contributed by atoms with van der Waals surface area (Å²) in [5.74, 6) is 0.622. The van der Waals surface area contributed by atoms with Gasteiger partial charge in [0.1, 0.15) is 0 Å². The number of rotatable bonds is 2. The van der Waals surface area contributed by atoms with Gasteiger partial charge in [-0.2, -0.15) is 0 Å². The van der Waals surface area contributed by atoms with Crippen LogP contribution in [0.2, 0.25) is 0 Å². The minimum atomic E-state index is 0.622. The molecular formula is C16H26N2O2. The van der Waals surface area contributed by atoms with Crippen molar-refractivity contribution in [1.82, 2.24) is 9.80 Å². The van der Waals surface area contributed by atoms with Gasteiger partial charge in [0.2, 0.25) is 0 Å². The Morgan fingerprint density at radius 3 is 2.45 bits per heavy atom. The lowest BCUT2D eigenvalue weighted by Crippen LogP contribution is -2.37. The molecule has 2 fully saturated rings. The second kappa shape index (κ2) is 6.64. The molecule has 1 unspecified atom stereocenters. The molecule has 4 heteroatoms. The molecule has 1 aliphatic carbocycles. The van der Waals surface area contributed by atoms with Crippen LogP contribution in [0.4, 0.5) is 0 Å². The SMILES string of the molecule is CC1C=C(N2CCOCC2)C=C(N2CCCOCC2)C1. The van der Waals surface area contributed by atoms with Crippen LogP contribution in [0.1, 0.15) is 19.8 Å². The summed E-state index contributed by atoms with van der Waals surface area (Å²) in [5.41, 5.74) is 2.89. The Balaban J connectivity index is 1.73. The Kier molecular flexibility index (Phi) is 4.63. The predicted octanol–water partition coefficient (Wildman–Crippen LogP) is 1.85. The molecule has 0 radical (unpaired) electrons. The summed E-state index contributed by atoms with van der Waals surface area (Å²) < 4.78 is 11.0. The molecule has 0 spiro atoms. The van der Waals surface area contributed by atoms with Crippen molar-refractivity contribution in [2.75, 3.05) is 52.6 Å². The summed E-state index contributed by atoms with van der Waals surface area (Å²) in [6.07, 6.45) is 7.12. The van der Waals surface area contributed by atoms with Crippen molar-refractivity contribution in [3.05, 3.63) is 23.5 Å². The fourth-order valence-electron chi connectivity index (χ4n) is 3.23. The van der Waals surface area contributed by atoms with E-state index in [9.17, 15) is 0 Å². The maximum absolute atomic E-state index is 5.58. The van der Waals surface area contributed by atoms with Gasteiger partial charge < -0.3 is 19.3 Å². The first-order chi connectivity index (χ1) is 9.83.